The van der Waals surface area contributed by atoms with Crippen LogP contribution in [0.3, 0.4) is 0 Å². The molecule has 0 aromatic heterocycles. The van der Waals surface area contributed by atoms with E-state index in [9.17, 15) is 31.5 Å². The zero-order chi connectivity index (χ0) is 20.1. The van der Waals surface area contributed by atoms with Gasteiger partial charge < -0.3 is 20.1 Å². The first kappa shape index (κ1) is 21.5. The quantitative estimate of drug-likeness (QED) is 0.708. The van der Waals surface area contributed by atoms with Crippen LogP contribution in [-0.4, -0.2) is 48.4 Å². The van der Waals surface area contributed by atoms with E-state index in [-0.39, 0.29) is 6.54 Å². The molecular formula is C15H17F5N2O4. The molecule has 146 valence electrons. The van der Waals surface area contributed by atoms with Gasteiger partial charge in [0.2, 0.25) is 0 Å². The van der Waals surface area contributed by atoms with Crippen molar-refractivity contribution in [3.05, 3.63) is 29.8 Å². The maximum Gasteiger partial charge on any atom is 0.413 e. The first-order chi connectivity index (χ1) is 11.9. The molecule has 2 unspecified atom stereocenters. The first-order valence-corrected chi connectivity index (χ1v) is 7.28. The summed E-state index contributed by atoms with van der Waals surface area (Å²) < 4.78 is 69.0. The van der Waals surface area contributed by atoms with Crippen LogP contribution in [-0.2, 0) is 4.79 Å². The summed E-state index contributed by atoms with van der Waals surface area (Å²) in [5.74, 6) is -2.97. The number of halogens is 5. The topological polar surface area (TPSA) is 78.9 Å². The number of aliphatic carboxylic acids is 1. The van der Waals surface area contributed by atoms with Crippen molar-refractivity contribution >= 4 is 12.0 Å². The number of ether oxygens (including phenoxy) is 1. The van der Waals surface area contributed by atoms with Crippen molar-refractivity contribution < 1.29 is 41.4 Å². The molecule has 0 aliphatic heterocycles. The van der Waals surface area contributed by atoms with Crippen LogP contribution in [0.25, 0.3) is 0 Å². The summed E-state index contributed by atoms with van der Waals surface area (Å²) in [4.78, 5) is 23.5. The normalized spacial score (nSPS) is 13.8. The molecule has 0 aliphatic carbocycles. The summed E-state index contributed by atoms with van der Waals surface area (Å²) in [6, 6.07) is 0.365. The van der Waals surface area contributed by atoms with Crippen LogP contribution in [0.2, 0.25) is 0 Å². The molecule has 2 N–H and O–H groups in total. The number of carboxylic acids is 1. The third-order valence-electron chi connectivity index (χ3n) is 3.36. The SMILES string of the molecule is CC(CN(C)C(=O)NC(c1ccccc1OC(F)F)C(F)(F)F)C(=O)O. The lowest BCUT2D eigenvalue weighted by Crippen LogP contribution is -2.46. The molecule has 2 atom stereocenters. The highest BCUT2D eigenvalue weighted by molar-refractivity contribution is 5.76. The summed E-state index contributed by atoms with van der Waals surface area (Å²) in [7, 11) is 1.11. The lowest BCUT2D eigenvalue weighted by Gasteiger charge is -2.27. The number of benzene rings is 1. The number of carbonyl (C=O) groups excluding carboxylic acids is 1. The molecule has 0 spiro atoms. The fraction of sp³-hybridized carbons (Fsp3) is 0.467. The van der Waals surface area contributed by atoms with Crippen molar-refractivity contribution in [2.24, 2.45) is 5.92 Å². The zero-order valence-corrected chi connectivity index (χ0v) is 13.8. The third kappa shape index (κ3) is 6.05. The van der Waals surface area contributed by atoms with Gasteiger partial charge in [-0.05, 0) is 6.07 Å². The van der Waals surface area contributed by atoms with Gasteiger partial charge in [0.05, 0.1) is 5.92 Å². The predicted octanol–water partition coefficient (Wildman–Crippen LogP) is 3.25. The van der Waals surface area contributed by atoms with Crippen LogP contribution in [0.1, 0.15) is 18.5 Å². The maximum absolute atomic E-state index is 13.4. The molecule has 1 aromatic carbocycles. The minimum atomic E-state index is -5.00. The van der Waals surface area contributed by atoms with E-state index >= 15 is 0 Å². The van der Waals surface area contributed by atoms with Gasteiger partial charge in [0.15, 0.2) is 6.04 Å². The van der Waals surface area contributed by atoms with Crippen LogP contribution in [0, 0.1) is 5.92 Å². The molecule has 26 heavy (non-hydrogen) atoms. The zero-order valence-electron chi connectivity index (χ0n) is 13.8. The lowest BCUT2D eigenvalue weighted by molar-refractivity contribution is -0.156. The summed E-state index contributed by atoms with van der Waals surface area (Å²) in [6.07, 6.45) is -5.00. The van der Waals surface area contributed by atoms with Gasteiger partial charge in [-0.1, -0.05) is 25.1 Å². The highest BCUT2D eigenvalue weighted by Gasteiger charge is 2.44. The Kier molecular flexibility index (Phi) is 7.16. The van der Waals surface area contributed by atoms with E-state index in [4.69, 9.17) is 5.11 Å². The van der Waals surface area contributed by atoms with Gasteiger partial charge in [-0.3, -0.25) is 4.79 Å². The molecule has 11 heteroatoms. The average molecular weight is 384 g/mol. The van der Waals surface area contributed by atoms with Gasteiger partial charge in [0.1, 0.15) is 5.75 Å². The number of hydrogen-bond acceptors (Lipinski definition) is 3. The standard InChI is InChI=1S/C15H17F5N2O4/c1-8(12(23)24)7-22(2)14(25)21-11(15(18,19)20)9-5-3-4-6-10(9)26-13(16)17/h3-6,8,11,13H,7H2,1-2H3,(H,21,25)(H,23,24). The Hall–Kier alpha value is -2.59. The van der Waals surface area contributed by atoms with Crippen molar-refractivity contribution in [1.29, 1.82) is 0 Å². The molecule has 1 rings (SSSR count). The Morgan fingerprint density at radius 3 is 2.35 bits per heavy atom. The monoisotopic (exact) mass is 384 g/mol. The number of amides is 2. The second kappa shape index (κ2) is 8.68. The molecule has 0 heterocycles. The number of hydrogen-bond donors (Lipinski definition) is 2. The van der Waals surface area contributed by atoms with Crippen LogP contribution < -0.4 is 10.1 Å². The molecule has 0 saturated carbocycles. The molecule has 6 nitrogen and oxygen atoms in total. The molecule has 0 saturated heterocycles. The van der Waals surface area contributed by atoms with Gasteiger partial charge in [-0.2, -0.15) is 22.0 Å². The molecule has 2 amide bonds. The van der Waals surface area contributed by atoms with Gasteiger partial charge in [0.25, 0.3) is 0 Å². The third-order valence-corrected chi connectivity index (χ3v) is 3.36. The number of carbonyl (C=O) groups is 2. The Morgan fingerprint density at radius 2 is 1.85 bits per heavy atom. The Balaban J connectivity index is 3.06. The summed E-state index contributed by atoms with van der Waals surface area (Å²) in [5, 5.41) is 10.5. The number of para-hydroxylation sites is 1. The first-order valence-electron chi connectivity index (χ1n) is 7.28. The molecular weight excluding hydrogens is 367 g/mol. The van der Waals surface area contributed by atoms with Crippen molar-refractivity contribution in [2.45, 2.75) is 25.8 Å². The molecule has 1 aromatic rings. The van der Waals surface area contributed by atoms with Crippen LogP contribution in [0.15, 0.2) is 24.3 Å². The van der Waals surface area contributed by atoms with Crippen LogP contribution >= 0.6 is 0 Å². The van der Waals surface area contributed by atoms with E-state index in [1.54, 1.807) is 5.32 Å². The van der Waals surface area contributed by atoms with Crippen molar-refractivity contribution in [1.82, 2.24) is 10.2 Å². The number of nitrogens with one attached hydrogen (secondary N) is 1. The smallest absolute Gasteiger partial charge is 0.413 e. The second-order valence-corrected chi connectivity index (χ2v) is 5.46. The van der Waals surface area contributed by atoms with Gasteiger partial charge in [-0.15, -0.1) is 0 Å². The van der Waals surface area contributed by atoms with E-state index in [1.807, 2.05) is 0 Å². The van der Waals surface area contributed by atoms with E-state index in [0.29, 0.717) is 0 Å². The molecule has 0 bridgehead atoms. The summed E-state index contributed by atoms with van der Waals surface area (Å²) in [5.41, 5.74) is -0.701. The minimum Gasteiger partial charge on any atom is -0.481 e. The largest absolute Gasteiger partial charge is 0.481 e. The van der Waals surface area contributed by atoms with Gasteiger partial charge in [-0.25, -0.2) is 4.79 Å². The van der Waals surface area contributed by atoms with E-state index in [0.717, 1.165) is 24.1 Å². The Labute approximate surface area is 145 Å². The Bertz CT molecular complexity index is 639. The summed E-state index contributed by atoms with van der Waals surface area (Å²) >= 11 is 0. The number of carboxylic acid groups (broad SMARTS) is 1. The van der Waals surface area contributed by atoms with E-state index < -0.39 is 48.1 Å². The summed E-state index contributed by atoms with van der Waals surface area (Å²) in [6.45, 7) is -2.42. The van der Waals surface area contributed by atoms with E-state index in [1.165, 1.54) is 19.1 Å². The second-order valence-electron chi connectivity index (χ2n) is 5.46. The number of urea groups is 1. The van der Waals surface area contributed by atoms with E-state index in [2.05, 4.69) is 4.74 Å². The number of nitrogens with zero attached hydrogens (tertiary/aromatic N) is 1. The average Bonchev–Trinajstić information content (AvgIpc) is 2.51. The van der Waals surface area contributed by atoms with Gasteiger partial charge >= 0.3 is 24.8 Å². The fourth-order valence-corrected chi connectivity index (χ4v) is 2.06. The minimum absolute atomic E-state index is 0.346. The predicted molar refractivity (Wildman–Crippen MR) is 79.8 cm³/mol. The molecule has 0 aliphatic rings. The van der Waals surface area contributed by atoms with Crippen molar-refractivity contribution in [2.75, 3.05) is 13.6 Å². The van der Waals surface area contributed by atoms with Crippen LogP contribution in [0.4, 0.5) is 26.7 Å². The molecule has 0 radical (unpaired) electrons. The number of alkyl halides is 5. The molecule has 0 fully saturated rings. The van der Waals surface area contributed by atoms with Crippen molar-refractivity contribution in [3.63, 3.8) is 0 Å². The van der Waals surface area contributed by atoms with Crippen molar-refractivity contribution in [3.8, 4) is 5.75 Å². The van der Waals surface area contributed by atoms with Crippen LogP contribution in [0.5, 0.6) is 5.75 Å². The lowest BCUT2D eigenvalue weighted by atomic mass is 10.1. The maximum atomic E-state index is 13.4. The highest BCUT2D eigenvalue weighted by atomic mass is 19.4. The Morgan fingerprint density at radius 1 is 1.27 bits per heavy atom. The fourth-order valence-electron chi connectivity index (χ4n) is 2.06. The highest BCUT2D eigenvalue weighted by Crippen LogP contribution is 2.37. The number of rotatable bonds is 7. The van der Waals surface area contributed by atoms with Gasteiger partial charge in [0, 0.05) is 19.2 Å².